The zero-order chi connectivity index (χ0) is 62.6. The minimum atomic E-state index is 0.446. The molecule has 9 aromatic carbocycles. The molecule has 6 aliphatic rings. The number of allylic oxidation sites excluding steroid dienone is 24. The Morgan fingerprint density at radius 1 is 0.396 bits per heavy atom. The van der Waals surface area contributed by atoms with E-state index < -0.39 is 0 Å². The molecule has 0 radical (unpaired) electrons. The summed E-state index contributed by atoms with van der Waals surface area (Å²) in [7, 11) is 0. The van der Waals surface area contributed by atoms with Gasteiger partial charge in [-0.2, -0.15) is 0 Å². The lowest BCUT2D eigenvalue weighted by molar-refractivity contribution is 0.816. The second kappa shape index (κ2) is 28.7. The van der Waals surface area contributed by atoms with Gasteiger partial charge in [0.2, 0.25) is 0 Å². The molecule has 0 fully saturated rings. The molecule has 0 aliphatic heterocycles. The number of hydrogen-bond donors (Lipinski definition) is 0. The van der Waals surface area contributed by atoms with Gasteiger partial charge in [0.1, 0.15) is 0 Å². The Morgan fingerprint density at radius 3 is 1.73 bits per heavy atom. The Morgan fingerprint density at radius 2 is 1.00 bits per heavy atom. The Labute approximate surface area is 542 Å². The van der Waals surface area contributed by atoms with Crippen LogP contribution in [0.4, 0.5) is 0 Å². The van der Waals surface area contributed by atoms with Crippen LogP contribution in [-0.2, 0) is 0 Å². The third kappa shape index (κ3) is 13.0. The summed E-state index contributed by atoms with van der Waals surface area (Å²) in [5.74, 6) is 0.446. The summed E-state index contributed by atoms with van der Waals surface area (Å²) in [6.07, 6.45) is 50.8. The van der Waals surface area contributed by atoms with Crippen LogP contribution in [0.15, 0.2) is 290 Å². The summed E-state index contributed by atoms with van der Waals surface area (Å²) >= 11 is 0. The van der Waals surface area contributed by atoms with Gasteiger partial charge in [-0.05, 0) is 250 Å². The van der Waals surface area contributed by atoms with Gasteiger partial charge in [-0.3, -0.25) is 0 Å². The molecule has 6 aliphatic carbocycles. The molecule has 0 heteroatoms. The average Bonchev–Trinajstić information content (AvgIpc) is 0.770. The smallest absolute Gasteiger partial charge is 0.00122 e. The van der Waals surface area contributed by atoms with Gasteiger partial charge in [0.25, 0.3) is 0 Å². The van der Waals surface area contributed by atoms with Crippen molar-refractivity contribution in [2.24, 2.45) is 5.92 Å². The molecule has 0 saturated heterocycles. The van der Waals surface area contributed by atoms with Gasteiger partial charge in [-0.1, -0.05) is 296 Å². The molecular formula is C91H84. The van der Waals surface area contributed by atoms with Crippen molar-refractivity contribution in [2.45, 2.75) is 93.4 Å². The van der Waals surface area contributed by atoms with E-state index in [9.17, 15) is 0 Å². The number of benzene rings is 9. The monoisotopic (exact) mass is 1180 g/mol. The highest BCUT2D eigenvalue weighted by atomic mass is 14.3. The van der Waals surface area contributed by atoms with Gasteiger partial charge in [-0.15, -0.1) is 0 Å². The third-order valence-corrected chi connectivity index (χ3v) is 18.4. The van der Waals surface area contributed by atoms with E-state index in [0.717, 1.165) is 56.1 Å². The molecule has 1 unspecified atom stereocenters. The van der Waals surface area contributed by atoms with Crippen molar-refractivity contribution in [3.8, 4) is 44.5 Å². The van der Waals surface area contributed by atoms with Gasteiger partial charge < -0.3 is 0 Å². The normalized spacial score (nSPS) is 18.7. The molecule has 0 spiro atoms. The van der Waals surface area contributed by atoms with Crippen molar-refractivity contribution in [2.75, 3.05) is 0 Å². The van der Waals surface area contributed by atoms with Crippen molar-refractivity contribution >= 4 is 61.6 Å². The zero-order valence-electron chi connectivity index (χ0n) is 54.2. The molecule has 0 N–H and O–H groups in total. The summed E-state index contributed by atoms with van der Waals surface area (Å²) in [6, 6.07) is 67.1. The van der Waals surface area contributed by atoms with Gasteiger partial charge in [0.15, 0.2) is 0 Å². The van der Waals surface area contributed by atoms with Crippen LogP contribution in [0.3, 0.4) is 0 Å². The van der Waals surface area contributed by atoms with Crippen molar-refractivity contribution in [3.63, 3.8) is 0 Å². The van der Waals surface area contributed by atoms with Crippen molar-refractivity contribution in [1.29, 1.82) is 0 Å². The van der Waals surface area contributed by atoms with E-state index in [1.807, 2.05) is 27.7 Å². The molecule has 0 saturated carbocycles. The first-order chi connectivity index (χ1) is 44.9. The molecular weight excluding hydrogens is 1090 g/mol. The topological polar surface area (TPSA) is 0 Å². The maximum absolute atomic E-state index is 2.51. The van der Waals surface area contributed by atoms with Crippen LogP contribution in [0.2, 0.25) is 0 Å². The lowest BCUT2D eigenvalue weighted by atomic mass is 9.80. The van der Waals surface area contributed by atoms with Crippen molar-refractivity contribution in [1.82, 2.24) is 0 Å². The van der Waals surface area contributed by atoms with Crippen LogP contribution in [0.1, 0.15) is 130 Å². The van der Waals surface area contributed by atoms with E-state index in [1.54, 1.807) is 0 Å². The van der Waals surface area contributed by atoms with Crippen LogP contribution in [-0.4, -0.2) is 0 Å². The minimum Gasteiger partial charge on any atom is -0.0836 e. The first-order valence-electron chi connectivity index (χ1n) is 33.5. The minimum absolute atomic E-state index is 0.446. The summed E-state index contributed by atoms with van der Waals surface area (Å²) in [5.41, 5.74) is 30.4. The number of aryl methyl sites for hydroxylation is 1. The van der Waals surface area contributed by atoms with E-state index in [0.29, 0.717) is 5.92 Å². The second-order valence-electron chi connectivity index (χ2n) is 23.9. The number of rotatable bonds is 11. The van der Waals surface area contributed by atoms with Crippen LogP contribution < -0.4 is 0 Å². The quantitative estimate of drug-likeness (QED) is 0.113. The SMILES string of the molecule is CC.CC.CCCC1=C(c2ccccc2C)CCC=C1c1cccc(-c2ccc3c(-c4cccc(/C5=C/C=C\C6C=CC5=CC6)c4)c4cc(-c5cccc(-c6cccc(C7=CCCC=C7)c6C)c5)ccc4c(C4=C\c5ccccc5\C=C/C=C/C=C\C=C/4)c3c2)c1. The van der Waals surface area contributed by atoms with E-state index in [-0.39, 0.29) is 0 Å². The highest BCUT2D eigenvalue weighted by molar-refractivity contribution is 6.22. The lowest BCUT2D eigenvalue weighted by Crippen LogP contribution is -2.03. The summed E-state index contributed by atoms with van der Waals surface area (Å²) in [6.45, 7) is 14.9. The molecule has 448 valence electrons. The fourth-order valence-corrected chi connectivity index (χ4v) is 14.1. The van der Waals surface area contributed by atoms with E-state index in [4.69, 9.17) is 0 Å². The molecule has 2 bridgehead atoms. The summed E-state index contributed by atoms with van der Waals surface area (Å²) in [4.78, 5) is 0. The molecule has 0 nitrogen and oxygen atoms in total. The molecule has 0 heterocycles. The Kier molecular flexibility index (Phi) is 19.4. The molecule has 0 amide bonds. The Balaban J connectivity index is 0.00000196. The molecule has 9 aromatic rings. The number of hydrogen-bond acceptors (Lipinski definition) is 0. The van der Waals surface area contributed by atoms with Crippen LogP contribution >= 0.6 is 0 Å². The fraction of sp³-hybridized carbons (Fsp3) is 0.165. The van der Waals surface area contributed by atoms with Gasteiger partial charge in [-0.25, -0.2) is 0 Å². The van der Waals surface area contributed by atoms with Crippen LogP contribution in [0, 0.1) is 19.8 Å². The van der Waals surface area contributed by atoms with Crippen molar-refractivity contribution in [3.05, 3.63) is 340 Å². The maximum atomic E-state index is 2.51. The van der Waals surface area contributed by atoms with Gasteiger partial charge in [0, 0.05) is 0 Å². The fourth-order valence-electron chi connectivity index (χ4n) is 14.1. The molecule has 0 aromatic heterocycles. The zero-order valence-corrected chi connectivity index (χ0v) is 54.2. The maximum Gasteiger partial charge on any atom is -0.00122 e. The highest BCUT2D eigenvalue weighted by Gasteiger charge is 2.24. The number of fused-ring (bicyclic) bond motifs is 5. The Bertz CT molecular complexity index is 4660. The van der Waals surface area contributed by atoms with Crippen LogP contribution in [0.5, 0.6) is 0 Å². The lowest BCUT2D eigenvalue weighted by Gasteiger charge is -2.24. The largest absolute Gasteiger partial charge is 0.0836 e. The predicted molar refractivity (Wildman–Crippen MR) is 400 cm³/mol. The average molecular weight is 1180 g/mol. The Hall–Kier alpha value is -9.88. The second-order valence-corrected chi connectivity index (χ2v) is 23.9. The van der Waals surface area contributed by atoms with Crippen molar-refractivity contribution < 1.29 is 0 Å². The van der Waals surface area contributed by atoms with Gasteiger partial charge >= 0.3 is 0 Å². The highest BCUT2D eigenvalue weighted by Crippen LogP contribution is 2.48. The molecule has 15 rings (SSSR count). The third-order valence-electron chi connectivity index (χ3n) is 18.4. The molecule has 91 heavy (non-hydrogen) atoms. The summed E-state index contributed by atoms with van der Waals surface area (Å²) < 4.78 is 0. The first-order valence-corrected chi connectivity index (χ1v) is 33.5. The van der Waals surface area contributed by atoms with E-state index in [1.165, 1.54) is 144 Å². The predicted octanol–water partition coefficient (Wildman–Crippen LogP) is 26.2. The van der Waals surface area contributed by atoms with E-state index >= 15 is 0 Å². The van der Waals surface area contributed by atoms with Crippen LogP contribution in [0.25, 0.3) is 106 Å². The summed E-state index contributed by atoms with van der Waals surface area (Å²) in [5, 5.41) is 4.83. The standard InChI is InChI=1S/C87H72.2C2H6/c1-4-24-80-79(43-23-44-81(80)75-39-17-14-25-59(75)2)72-37-20-34-67(54-72)69-50-52-83-84(58-69)86(73-32-11-8-6-5-7-10-27-62-28-15-16-31-65(62)55-73)82-51-49-68(66-33-19-35-70(53-66)77-41-22-40-76(60(77)3)63-29-12-9-13-30-63)57-85(82)87(83)74-38-21-36-71(56-74)78-42-18-26-61-45-47-64(78)48-46-61;2*1-2/h5-8,10-12,14-22,25-43,45,47-58,61H,4,9,13,23-24,44,46H2,1-3H3;2*1-2H3/b6-5?,7-5+,8-6-,10-7?,11-8?,26-18-,27-10-,32-11-,62-27?,65-55?,73-32?,73-55+,78-42+;;. The van der Waals surface area contributed by atoms with E-state index in [2.05, 4.69) is 312 Å². The molecule has 1 atom stereocenters. The van der Waals surface area contributed by atoms with Gasteiger partial charge in [0.05, 0.1) is 0 Å². The first kappa shape index (κ1) is 61.4.